The van der Waals surface area contributed by atoms with Crippen LogP contribution in [0, 0.1) is 0 Å². The second kappa shape index (κ2) is 12.5. The number of aliphatic hydroxyl groups excluding tert-OH is 1. The molecule has 0 unspecified atom stereocenters. The molecule has 1 saturated heterocycles. The number of anilines is 1. The van der Waals surface area contributed by atoms with Gasteiger partial charge in [-0.05, 0) is 55.4 Å². The molecule has 3 aromatic rings. The smallest absolute Gasteiger partial charge is 0.251 e. The minimum Gasteiger partial charge on any atom is -0.390 e. The Morgan fingerprint density at radius 1 is 1.10 bits per heavy atom. The zero-order chi connectivity index (χ0) is 28.3. The molecule has 5 N–H and O–H groups in total. The number of aromatic nitrogens is 1. The van der Waals surface area contributed by atoms with Crippen molar-refractivity contribution in [3.05, 3.63) is 65.4 Å². The van der Waals surface area contributed by atoms with Crippen molar-refractivity contribution in [3.63, 3.8) is 0 Å². The van der Waals surface area contributed by atoms with Crippen LogP contribution in [-0.2, 0) is 19.9 Å². The number of rotatable bonds is 10. The lowest BCUT2D eigenvalue weighted by molar-refractivity contribution is 0.0821. The summed E-state index contributed by atoms with van der Waals surface area (Å²) in [5.41, 5.74) is 4.16. The molecule has 1 aliphatic carbocycles. The zero-order valence-corrected chi connectivity index (χ0v) is 24.5. The van der Waals surface area contributed by atoms with Crippen molar-refractivity contribution in [3.8, 4) is 0 Å². The van der Waals surface area contributed by atoms with Gasteiger partial charge in [-0.25, -0.2) is 0 Å². The van der Waals surface area contributed by atoms with E-state index in [1.54, 1.807) is 10.4 Å². The normalized spacial score (nSPS) is 20.0. The van der Waals surface area contributed by atoms with Crippen LogP contribution < -0.4 is 14.9 Å². The maximum absolute atomic E-state index is 13.8. The summed E-state index contributed by atoms with van der Waals surface area (Å²) in [5.74, 6) is 0.0531. The van der Waals surface area contributed by atoms with Crippen LogP contribution in [0.1, 0.15) is 66.9 Å². The summed E-state index contributed by atoms with van der Waals surface area (Å²) in [6.07, 6.45) is 9.22. The number of hydrogen-bond donors (Lipinski definition) is 5. The van der Waals surface area contributed by atoms with E-state index in [1.165, 1.54) is 19.3 Å². The number of aliphatic hydroxyl groups is 1. The molecule has 2 aromatic carbocycles. The highest BCUT2D eigenvalue weighted by atomic mass is 32.3. The topological polar surface area (TPSA) is 110 Å². The third-order valence-corrected chi connectivity index (χ3v) is 10.4. The SMILES string of the molecule is CCc1cn(C)c2c(N3CCCS3(O)O)cc(C(=O)N[C@@H](Cc3ccccc3)[C@@H](O)CNC3CCCCC3)cc12. The van der Waals surface area contributed by atoms with Crippen molar-refractivity contribution >= 4 is 33.3 Å². The minimum atomic E-state index is -2.94. The van der Waals surface area contributed by atoms with E-state index < -0.39 is 22.9 Å². The van der Waals surface area contributed by atoms with Gasteiger partial charge < -0.3 is 20.3 Å². The molecule has 8 nitrogen and oxygen atoms in total. The predicted octanol–water partition coefficient (Wildman–Crippen LogP) is 5.24. The van der Waals surface area contributed by atoms with E-state index in [-0.39, 0.29) is 5.91 Å². The summed E-state index contributed by atoms with van der Waals surface area (Å²) < 4.78 is 25.3. The molecule has 2 aliphatic rings. The van der Waals surface area contributed by atoms with E-state index in [2.05, 4.69) is 23.8 Å². The molecule has 9 heteroatoms. The predicted molar refractivity (Wildman–Crippen MR) is 164 cm³/mol. The Balaban J connectivity index is 1.44. The largest absolute Gasteiger partial charge is 0.390 e. The quantitative estimate of drug-likeness (QED) is 0.229. The molecular weight excluding hydrogens is 524 g/mol. The first kappa shape index (κ1) is 29.0. The Labute approximate surface area is 239 Å². The average molecular weight is 569 g/mol. The number of amides is 1. The fourth-order valence-corrected chi connectivity index (χ4v) is 7.89. The summed E-state index contributed by atoms with van der Waals surface area (Å²) in [5, 5.41) is 18.9. The molecule has 1 aliphatic heterocycles. The van der Waals surface area contributed by atoms with Gasteiger partial charge in [0.15, 0.2) is 0 Å². The van der Waals surface area contributed by atoms with Gasteiger partial charge in [0.1, 0.15) is 0 Å². The summed E-state index contributed by atoms with van der Waals surface area (Å²) in [7, 11) is -0.987. The molecule has 2 heterocycles. The second-order valence-corrected chi connectivity index (χ2v) is 13.5. The van der Waals surface area contributed by atoms with Crippen LogP contribution in [0.2, 0.25) is 0 Å². The number of fused-ring (bicyclic) bond motifs is 1. The van der Waals surface area contributed by atoms with Gasteiger partial charge in [0.25, 0.3) is 5.91 Å². The van der Waals surface area contributed by atoms with E-state index in [4.69, 9.17) is 0 Å². The van der Waals surface area contributed by atoms with Gasteiger partial charge in [0, 0.05) is 43.3 Å². The maximum atomic E-state index is 13.8. The van der Waals surface area contributed by atoms with Gasteiger partial charge >= 0.3 is 0 Å². The third-order valence-electron chi connectivity index (χ3n) is 8.48. The van der Waals surface area contributed by atoms with Crippen LogP contribution in [0.15, 0.2) is 48.7 Å². The standard InChI is InChI=1S/C31H44N4O4S/c1-3-23-21-34(2)30-26(23)18-24(19-28(30)35-15-10-16-40(35,38)39)31(37)33-27(17-22-11-6-4-7-12-22)29(36)20-32-25-13-8-5-9-14-25/h4,6-7,11-12,18-19,21,25,27,29,32,36,38-39H,3,5,8-10,13-17,20H2,1-2H3,(H,33,37)/t27-,29-/m0/s1. The average Bonchev–Trinajstić information content (AvgIpc) is 3.49. The third kappa shape index (κ3) is 6.34. The lowest BCUT2D eigenvalue weighted by Crippen LogP contribution is -2.50. The number of nitrogens with zero attached hydrogens (tertiary/aromatic N) is 2. The van der Waals surface area contributed by atoms with Crippen molar-refractivity contribution in [1.29, 1.82) is 0 Å². The summed E-state index contributed by atoms with van der Waals surface area (Å²) in [6.45, 7) is 3.02. The van der Waals surface area contributed by atoms with Crippen molar-refractivity contribution in [2.24, 2.45) is 7.05 Å². The number of benzene rings is 2. The Kier molecular flexibility index (Phi) is 9.07. The number of carbonyl (C=O) groups excluding carboxylic acids is 1. The van der Waals surface area contributed by atoms with Crippen molar-refractivity contribution in [2.45, 2.75) is 76.5 Å². The molecule has 40 heavy (non-hydrogen) atoms. The molecule has 0 bridgehead atoms. The maximum Gasteiger partial charge on any atom is 0.251 e. The van der Waals surface area contributed by atoms with E-state index in [1.807, 2.05) is 48.0 Å². The van der Waals surface area contributed by atoms with E-state index >= 15 is 0 Å². The lowest BCUT2D eigenvalue weighted by Gasteiger charge is -2.38. The molecule has 1 amide bonds. The molecule has 0 radical (unpaired) electrons. The Hall–Kier alpha value is -2.56. The molecule has 0 spiro atoms. The van der Waals surface area contributed by atoms with Crippen LogP contribution in [0.3, 0.4) is 0 Å². The highest BCUT2D eigenvalue weighted by Crippen LogP contribution is 2.52. The molecule has 1 aromatic heterocycles. The number of carbonyl (C=O) groups is 1. The monoisotopic (exact) mass is 568 g/mol. The van der Waals surface area contributed by atoms with Crippen LogP contribution in [0.4, 0.5) is 5.69 Å². The van der Waals surface area contributed by atoms with Crippen LogP contribution in [0.25, 0.3) is 10.9 Å². The molecular formula is C31H44N4O4S. The summed E-state index contributed by atoms with van der Waals surface area (Å²) in [6, 6.07) is 13.5. The second-order valence-electron chi connectivity index (χ2n) is 11.4. The van der Waals surface area contributed by atoms with Gasteiger partial charge in [0.2, 0.25) is 0 Å². The van der Waals surface area contributed by atoms with Gasteiger partial charge in [-0.15, -0.1) is 10.8 Å². The highest BCUT2D eigenvalue weighted by Gasteiger charge is 2.32. The first-order chi connectivity index (χ1) is 19.3. The van der Waals surface area contributed by atoms with E-state index in [0.717, 1.165) is 41.3 Å². The summed E-state index contributed by atoms with van der Waals surface area (Å²) >= 11 is 0. The van der Waals surface area contributed by atoms with Gasteiger partial charge in [-0.2, -0.15) is 0 Å². The number of hydrogen-bond acceptors (Lipinski definition) is 6. The van der Waals surface area contributed by atoms with E-state index in [9.17, 15) is 19.0 Å². The first-order valence-corrected chi connectivity index (χ1v) is 16.4. The number of aryl methyl sites for hydroxylation is 2. The first-order valence-electron chi connectivity index (χ1n) is 14.7. The molecule has 218 valence electrons. The molecule has 1 saturated carbocycles. The highest BCUT2D eigenvalue weighted by molar-refractivity contribution is 8.25. The van der Waals surface area contributed by atoms with Gasteiger partial charge in [0.05, 0.1) is 29.1 Å². The summed E-state index contributed by atoms with van der Waals surface area (Å²) in [4.78, 5) is 13.8. The lowest BCUT2D eigenvalue weighted by atomic mass is 9.94. The van der Waals surface area contributed by atoms with Crippen LogP contribution in [0.5, 0.6) is 0 Å². The Morgan fingerprint density at radius 2 is 1.85 bits per heavy atom. The van der Waals surface area contributed by atoms with Crippen molar-refractivity contribution < 1.29 is 19.0 Å². The van der Waals surface area contributed by atoms with Crippen LogP contribution >= 0.6 is 10.8 Å². The zero-order valence-electron chi connectivity index (χ0n) is 23.7. The van der Waals surface area contributed by atoms with Crippen LogP contribution in [-0.4, -0.2) is 61.7 Å². The molecule has 2 atom stereocenters. The molecule has 5 rings (SSSR count). The fraction of sp³-hybridized carbons (Fsp3) is 0.516. The number of nitrogens with one attached hydrogen (secondary N) is 2. The fourth-order valence-electron chi connectivity index (χ4n) is 6.28. The Bertz CT molecular complexity index is 1310. The molecule has 2 fully saturated rings. The minimum absolute atomic E-state index is 0.276. The van der Waals surface area contributed by atoms with Crippen molar-refractivity contribution in [1.82, 2.24) is 15.2 Å². The van der Waals surface area contributed by atoms with E-state index in [0.29, 0.717) is 49.0 Å². The van der Waals surface area contributed by atoms with Crippen molar-refractivity contribution in [2.75, 3.05) is 23.1 Å². The van der Waals surface area contributed by atoms with Gasteiger partial charge in [-0.3, -0.25) is 18.2 Å². The Morgan fingerprint density at radius 3 is 2.52 bits per heavy atom. The van der Waals surface area contributed by atoms with Gasteiger partial charge in [-0.1, -0.05) is 56.5 Å².